The average molecular weight is 443 g/mol. The van der Waals surface area contributed by atoms with E-state index in [4.69, 9.17) is 21.1 Å². The van der Waals surface area contributed by atoms with Gasteiger partial charge in [0, 0.05) is 34.5 Å². The summed E-state index contributed by atoms with van der Waals surface area (Å²) < 4.78 is 13.6. The third-order valence-electron chi connectivity index (χ3n) is 4.15. The van der Waals surface area contributed by atoms with E-state index in [1.165, 1.54) is 0 Å². The number of imidazole rings is 1. The Bertz CT molecular complexity index is 1080. The van der Waals surface area contributed by atoms with Gasteiger partial charge in [0.1, 0.15) is 23.3 Å². The molecule has 0 aliphatic carbocycles. The molecule has 2 aromatic heterocycles. The van der Waals surface area contributed by atoms with Crippen molar-refractivity contribution in [2.24, 2.45) is 0 Å². The highest BCUT2D eigenvalue weighted by molar-refractivity contribution is 8.25. The smallest absolute Gasteiger partial charge is 0.213 e. The Morgan fingerprint density at radius 2 is 2.17 bits per heavy atom. The lowest BCUT2D eigenvalue weighted by atomic mass is 10.1. The number of nitriles is 1. The fraction of sp³-hybridized carbons (Fsp3) is 0.150. The van der Waals surface area contributed by atoms with E-state index in [1.807, 2.05) is 12.1 Å². The Morgan fingerprint density at radius 1 is 1.31 bits per heavy atom. The molecule has 1 aromatic carbocycles. The Kier molecular flexibility index (Phi) is 6.00. The molecule has 1 atom stereocenters. The van der Waals surface area contributed by atoms with E-state index in [9.17, 15) is 5.26 Å². The highest BCUT2D eigenvalue weighted by Crippen LogP contribution is 2.53. The van der Waals surface area contributed by atoms with Crippen molar-refractivity contribution in [2.45, 2.75) is 5.25 Å². The maximum absolute atomic E-state index is 9.54. The van der Waals surface area contributed by atoms with Crippen LogP contribution in [0.5, 0.6) is 17.4 Å². The van der Waals surface area contributed by atoms with E-state index in [0.29, 0.717) is 28.1 Å². The lowest BCUT2D eigenvalue weighted by molar-refractivity contribution is 0.395. The average Bonchev–Trinajstić information content (AvgIpc) is 3.42. The lowest BCUT2D eigenvalue weighted by Gasteiger charge is -2.12. The SMILES string of the molecule is COc1ccc(Oc2ccc(C3CSC(=C(C#N)n4ccnc4)S3)c(Cl)c2)cn1. The molecule has 4 rings (SSSR count). The molecule has 0 bridgehead atoms. The van der Waals surface area contributed by atoms with Gasteiger partial charge in [0.2, 0.25) is 5.88 Å². The number of allylic oxidation sites excluding steroid dienone is 1. The van der Waals surface area contributed by atoms with Crippen LogP contribution in [-0.4, -0.2) is 27.4 Å². The number of pyridine rings is 1. The predicted octanol–water partition coefficient (Wildman–Crippen LogP) is 5.60. The maximum atomic E-state index is 9.54. The van der Waals surface area contributed by atoms with Crippen molar-refractivity contribution < 1.29 is 9.47 Å². The molecule has 1 fully saturated rings. The Hall–Kier alpha value is -2.60. The number of nitrogens with zero attached hydrogens (tertiary/aromatic N) is 4. The number of hydrogen-bond acceptors (Lipinski definition) is 7. The molecule has 0 radical (unpaired) electrons. The van der Waals surface area contributed by atoms with Gasteiger partial charge in [0.05, 0.1) is 23.9 Å². The zero-order valence-corrected chi connectivity index (χ0v) is 17.7. The molecule has 6 nitrogen and oxygen atoms in total. The molecule has 0 spiro atoms. The summed E-state index contributed by atoms with van der Waals surface area (Å²) in [5.74, 6) is 2.60. The van der Waals surface area contributed by atoms with Crippen LogP contribution < -0.4 is 9.47 Å². The number of rotatable bonds is 5. The summed E-state index contributed by atoms with van der Waals surface area (Å²) in [6.45, 7) is 0. The number of thioether (sulfide) groups is 2. The second-order valence-electron chi connectivity index (χ2n) is 5.96. The van der Waals surface area contributed by atoms with E-state index in [2.05, 4.69) is 16.0 Å². The first-order valence-corrected chi connectivity index (χ1v) is 10.8. The topological polar surface area (TPSA) is 73.0 Å². The van der Waals surface area contributed by atoms with Crippen molar-refractivity contribution in [2.75, 3.05) is 12.9 Å². The largest absolute Gasteiger partial charge is 0.481 e. The molecule has 3 aromatic rings. The van der Waals surface area contributed by atoms with Crippen molar-refractivity contribution >= 4 is 40.8 Å². The number of hydrogen-bond donors (Lipinski definition) is 0. The first-order valence-electron chi connectivity index (χ1n) is 8.57. The van der Waals surface area contributed by atoms with Crippen molar-refractivity contribution in [3.63, 3.8) is 0 Å². The third-order valence-corrected chi connectivity index (χ3v) is 7.40. The van der Waals surface area contributed by atoms with Crippen molar-refractivity contribution in [3.8, 4) is 23.4 Å². The summed E-state index contributed by atoms with van der Waals surface area (Å²) in [6, 6.07) is 11.5. The number of benzene rings is 1. The van der Waals surface area contributed by atoms with E-state index in [0.717, 1.165) is 15.6 Å². The van der Waals surface area contributed by atoms with Gasteiger partial charge >= 0.3 is 0 Å². The van der Waals surface area contributed by atoms with Crippen LogP contribution in [0, 0.1) is 11.3 Å². The summed E-state index contributed by atoms with van der Waals surface area (Å²) >= 11 is 9.85. The zero-order valence-electron chi connectivity index (χ0n) is 15.3. The number of methoxy groups -OCH3 is 1. The van der Waals surface area contributed by atoms with Crippen molar-refractivity contribution in [1.29, 1.82) is 5.26 Å². The molecule has 0 amide bonds. The van der Waals surface area contributed by atoms with Gasteiger partial charge in [-0.3, -0.25) is 4.57 Å². The fourth-order valence-corrected chi connectivity index (χ4v) is 6.03. The Labute approximate surface area is 181 Å². The summed E-state index contributed by atoms with van der Waals surface area (Å²) in [4.78, 5) is 8.15. The molecule has 1 aliphatic rings. The minimum Gasteiger partial charge on any atom is -0.481 e. The van der Waals surface area contributed by atoms with Crippen LogP contribution in [0.4, 0.5) is 0 Å². The first kappa shape index (κ1) is 19.7. The van der Waals surface area contributed by atoms with Crippen LogP contribution >= 0.6 is 35.1 Å². The second-order valence-corrected chi connectivity index (χ2v) is 8.87. The summed E-state index contributed by atoms with van der Waals surface area (Å²) in [7, 11) is 1.57. The lowest BCUT2D eigenvalue weighted by Crippen LogP contribution is -1.95. The van der Waals surface area contributed by atoms with Crippen LogP contribution in [0.3, 0.4) is 0 Å². The Morgan fingerprint density at radius 3 is 2.83 bits per heavy atom. The van der Waals surface area contributed by atoms with Gasteiger partial charge in [0.25, 0.3) is 0 Å². The molecule has 1 saturated heterocycles. The van der Waals surface area contributed by atoms with E-state index in [1.54, 1.807) is 78.3 Å². The molecular weight excluding hydrogens is 428 g/mol. The van der Waals surface area contributed by atoms with Gasteiger partial charge in [-0.2, -0.15) is 5.26 Å². The summed E-state index contributed by atoms with van der Waals surface area (Å²) in [5, 5.41) is 10.3. The molecule has 29 heavy (non-hydrogen) atoms. The molecule has 0 N–H and O–H groups in total. The van der Waals surface area contributed by atoms with Gasteiger partial charge in [-0.15, -0.1) is 23.5 Å². The van der Waals surface area contributed by atoms with Crippen LogP contribution in [0.25, 0.3) is 5.70 Å². The number of halogens is 1. The highest BCUT2D eigenvalue weighted by Gasteiger charge is 2.27. The minimum absolute atomic E-state index is 0.158. The molecule has 0 saturated carbocycles. The quantitative estimate of drug-likeness (QED) is 0.476. The molecule has 1 aliphatic heterocycles. The standard InChI is InChI=1S/C20H15ClN4O2S2/c1-26-19-5-3-14(10-24-19)27-13-2-4-15(16(21)8-13)18-11-28-20(29-18)17(9-22)25-7-6-23-12-25/h2-8,10,12,18H,11H2,1H3. The fourth-order valence-electron chi connectivity index (χ4n) is 2.74. The molecule has 1 unspecified atom stereocenters. The van der Waals surface area contributed by atoms with Gasteiger partial charge in [0.15, 0.2) is 0 Å². The normalized spacial score (nSPS) is 17.6. The summed E-state index contributed by atoms with van der Waals surface area (Å²) in [5.41, 5.74) is 1.60. The number of ether oxygens (including phenoxy) is 2. The third kappa shape index (κ3) is 4.37. The van der Waals surface area contributed by atoms with E-state index < -0.39 is 0 Å². The molecular formula is C20H15ClN4O2S2. The summed E-state index contributed by atoms with van der Waals surface area (Å²) in [6.07, 6.45) is 6.66. The van der Waals surface area contributed by atoms with E-state index in [-0.39, 0.29) is 5.25 Å². The Balaban J connectivity index is 1.50. The molecule has 3 heterocycles. The maximum Gasteiger partial charge on any atom is 0.213 e. The van der Waals surface area contributed by atoms with Gasteiger partial charge in [-0.1, -0.05) is 17.7 Å². The van der Waals surface area contributed by atoms with Gasteiger partial charge < -0.3 is 9.47 Å². The van der Waals surface area contributed by atoms with Crippen LogP contribution in [0.2, 0.25) is 5.02 Å². The van der Waals surface area contributed by atoms with Gasteiger partial charge in [-0.05, 0) is 23.8 Å². The van der Waals surface area contributed by atoms with E-state index >= 15 is 0 Å². The number of aromatic nitrogens is 3. The monoisotopic (exact) mass is 442 g/mol. The highest BCUT2D eigenvalue weighted by atomic mass is 35.5. The predicted molar refractivity (Wildman–Crippen MR) is 116 cm³/mol. The molecule has 9 heteroatoms. The van der Waals surface area contributed by atoms with Gasteiger partial charge in [-0.25, -0.2) is 9.97 Å². The minimum atomic E-state index is 0.158. The van der Waals surface area contributed by atoms with Crippen LogP contribution in [0.1, 0.15) is 10.8 Å². The van der Waals surface area contributed by atoms with Crippen molar-refractivity contribution in [1.82, 2.24) is 14.5 Å². The van der Waals surface area contributed by atoms with Crippen LogP contribution in [-0.2, 0) is 0 Å². The van der Waals surface area contributed by atoms with Crippen molar-refractivity contribution in [3.05, 3.63) is 70.1 Å². The molecule has 146 valence electrons. The van der Waals surface area contributed by atoms with Crippen LogP contribution in [0.15, 0.2) is 59.5 Å². The zero-order chi connectivity index (χ0) is 20.2. The first-order chi connectivity index (χ1) is 14.2. The second kappa shape index (κ2) is 8.82.